The summed E-state index contributed by atoms with van der Waals surface area (Å²) in [6.45, 7) is 4.74. The molecular weight excluding hydrogens is 414 g/mol. The van der Waals surface area contributed by atoms with Gasteiger partial charge in [-0.05, 0) is 32.1 Å². The van der Waals surface area contributed by atoms with Crippen LogP contribution in [0.5, 0.6) is 0 Å². The molecule has 3 aliphatic rings. The van der Waals surface area contributed by atoms with Crippen molar-refractivity contribution >= 4 is 25.8 Å². The molecule has 0 aromatic heterocycles. The molecule has 0 saturated heterocycles. The molecule has 3 rings (SSSR count). The van der Waals surface area contributed by atoms with Gasteiger partial charge in [-0.3, -0.25) is 0 Å². The largest absolute Gasteiger partial charge is 2.00 e. The van der Waals surface area contributed by atoms with Crippen molar-refractivity contribution in [1.82, 2.24) is 0 Å². The molecule has 21 heavy (non-hydrogen) atoms. The first-order valence-corrected chi connectivity index (χ1v) is 9.99. The van der Waals surface area contributed by atoms with Crippen LogP contribution in [0.2, 0.25) is 13.1 Å². The molecule has 0 N–H and O–H groups in total. The van der Waals surface area contributed by atoms with Gasteiger partial charge in [-0.25, -0.2) is 0 Å². The van der Waals surface area contributed by atoms with E-state index in [0.717, 1.165) is 0 Å². The maximum Gasteiger partial charge on any atom is 2.00 e. The van der Waals surface area contributed by atoms with Gasteiger partial charge in [-0.15, -0.1) is 17.4 Å². The Bertz CT molecular complexity index is 543. The van der Waals surface area contributed by atoms with Crippen LogP contribution in [0.25, 0.3) is 0 Å². The van der Waals surface area contributed by atoms with Crippen LogP contribution in [0.4, 0.5) is 0 Å². The van der Waals surface area contributed by atoms with Crippen molar-refractivity contribution < 1.29 is 51.0 Å². The number of allylic oxidation sites excluding steroid dienone is 8. The van der Waals surface area contributed by atoms with Crippen molar-refractivity contribution in [2.45, 2.75) is 24.8 Å². The van der Waals surface area contributed by atoms with Crippen molar-refractivity contribution in [1.29, 1.82) is 0 Å². The third-order valence-corrected chi connectivity index (χ3v) is 5.94. The Morgan fingerprint density at radius 3 is 2.43 bits per heavy atom. The molecule has 2 aliphatic carbocycles. The standard InChI is InChI=1S/C16H18SSi.2ClH.Zr/c1-18(2)11-10-15-16(12-6-3-4-7-12)13-8-5-9-14(13)17-15;;;/h3-9,11-12,15H,10H2,1-2H3;2*1H;/q;;;+2/p-2. The quantitative estimate of drug-likeness (QED) is 0.471. The minimum Gasteiger partial charge on any atom is -1.00 e. The molecule has 1 atom stereocenters. The Labute approximate surface area is 165 Å². The summed E-state index contributed by atoms with van der Waals surface area (Å²) in [5.74, 6) is 0.531. The maximum absolute atomic E-state index is 2.55. The fraction of sp³-hybridized carbons (Fsp3) is 0.312. The summed E-state index contributed by atoms with van der Waals surface area (Å²) in [5.41, 5.74) is 5.68. The minimum absolute atomic E-state index is 0. The molecule has 0 fully saturated rings. The van der Waals surface area contributed by atoms with E-state index < -0.39 is 0 Å². The molecule has 0 saturated carbocycles. The minimum atomic E-state index is -0.225. The number of thioether (sulfide) groups is 1. The van der Waals surface area contributed by atoms with Crippen LogP contribution in [-0.4, -0.2) is 19.3 Å². The predicted molar refractivity (Wildman–Crippen MR) is 85.6 cm³/mol. The number of hydrogen-bond donors (Lipinski definition) is 0. The third-order valence-electron chi connectivity index (χ3n) is 3.55. The van der Waals surface area contributed by atoms with E-state index in [4.69, 9.17) is 0 Å². The van der Waals surface area contributed by atoms with E-state index in [1.54, 1.807) is 5.57 Å². The molecular formula is C16H18Cl2SSiZr. The smallest absolute Gasteiger partial charge is 1.00 e. The summed E-state index contributed by atoms with van der Waals surface area (Å²) in [7, 11) is -0.225. The number of halogens is 2. The van der Waals surface area contributed by atoms with E-state index in [-0.39, 0.29) is 59.4 Å². The zero-order valence-electron chi connectivity index (χ0n) is 12.1. The molecule has 0 bridgehead atoms. The fourth-order valence-electron chi connectivity index (χ4n) is 2.69. The van der Waals surface area contributed by atoms with E-state index >= 15 is 0 Å². The maximum atomic E-state index is 2.55. The van der Waals surface area contributed by atoms with Crippen molar-refractivity contribution in [2.75, 3.05) is 0 Å². The normalized spacial score (nSPS) is 21.4. The summed E-state index contributed by atoms with van der Waals surface area (Å²) >= 11 is 2.06. The Morgan fingerprint density at radius 1 is 1.14 bits per heavy atom. The Balaban J connectivity index is 0.00000133. The van der Waals surface area contributed by atoms with Gasteiger partial charge < -0.3 is 24.8 Å². The van der Waals surface area contributed by atoms with Gasteiger partial charge in [0.25, 0.3) is 0 Å². The summed E-state index contributed by atoms with van der Waals surface area (Å²) in [6.07, 6.45) is 17.0. The number of rotatable bonds is 3. The van der Waals surface area contributed by atoms with E-state index in [1.165, 1.54) is 16.9 Å². The second-order valence-electron chi connectivity index (χ2n) is 5.18. The SMILES string of the molecule is C[Si](C)=CCC1SC2=CC=CC2=C1C1C=CC=C1.[Cl-].[Cl-].[Zr+2]. The van der Waals surface area contributed by atoms with E-state index in [1.807, 2.05) is 0 Å². The average Bonchev–Trinajstić information content (AvgIpc) is 3.01. The second-order valence-corrected chi connectivity index (χ2v) is 8.99. The summed E-state index contributed by atoms with van der Waals surface area (Å²) < 4.78 is 0. The van der Waals surface area contributed by atoms with Gasteiger partial charge in [0.05, 0.1) is 0 Å². The Morgan fingerprint density at radius 2 is 1.81 bits per heavy atom. The van der Waals surface area contributed by atoms with Crippen LogP contribution < -0.4 is 24.8 Å². The summed E-state index contributed by atoms with van der Waals surface area (Å²) in [5, 5.41) is 0.661. The van der Waals surface area contributed by atoms with Gasteiger partial charge in [-0.1, -0.05) is 49.6 Å². The van der Waals surface area contributed by atoms with Crippen molar-refractivity contribution in [3.63, 3.8) is 0 Å². The first kappa shape index (κ1) is 21.6. The zero-order chi connectivity index (χ0) is 12.5. The first-order valence-electron chi connectivity index (χ1n) is 6.53. The zero-order valence-corrected chi connectivity index (χ0v) is 17.9. The molecule has 0 amide bonds. The van der Waals surface area contributed by atoms with Gasteiger partial charge in [0, 0.05) is 16.1 Å². The molecule has 0 spiro atoms. The van der Waals surface area contributed by atoms with Crippen LogP contribution in [0.3, 0.4) is 0 Å². The van der Waals surface area contributed by atoms with Gasteiger partial charge in [0.2, 0.25) is 0 Å². The monoisotopic (exact) mass is 430 g/mol. The molecule has 1 aliphatic heterocycles. The molecule has 0 aromatic rings. The molecule has 0 nitrogen and oxygen atoms in total. The molecule has 110 valence electrons. The fourth-order valence-corrected chi connectivity index (χ4v) is 4.94. The number of hydrogen-bond acceptors (Lipinski definition) is 1. The first-order chi connectivity index (χ1) is 8.75. The van der Waals surface area contributed by atoms with Crippen LogP contribution in [0.1, 0.15) is 6.42 Å². The van der Waals surface area contributed by atoms with Gasteiger partial charge in [-0.2, -0.15) is 0 Å². The molecule has 5 heteroatoms. The predicted octanol–water partition coefficient (Wildman–Crippen LogP) is -1.87. The second kappa shape index (κ2) is 9.67. The van der Waals surface area contributed by atoms with Crippen molar-refractivity contribution in [3.8, 4) is 0 Å². The van der Waals surface area contributed by atoms with Crippen LogP contribution >= 0.6 is 11.8 Å². The Hall–Kier alpha value is 0.600. The Kier molecular flexibility index (Phi) is 9.95. The van der Waals surface area contributed by atoms with E-state index in [0.29, 0.717) is 11.2 Å². The van der Waals surface area contributed by atoms with Crippen LogP contribution in [0.15, 0.2) is 58.6 Å². The van der Waals surface area contributed by atoms with E-state index in [9.17, 15) is 0 Å². The van der Waals surface area contributed by atoms with Crippen molar-refractivity contribution in [3.05, 3.63) is 58.6 Å². The molecule has 0 radical (unpaired) electrons. The number of fused-ring (bicyclic) bond motifs is 1. The van der Waals surface area contributed by atoms with Crippen LogP contribution in [-0.2, 0) is 26.2 Å². The third kappa shape index (κ3) is 4.78. The van der Waals surface area contributed by atoms with Crippen molar-refractivity contribution in [2.24, 2.45) is 5.92 Å². The summed E-state index contributed by atoms with van der Waals surface area (Å²) in [6, 6.07) is 0. The topological polar surface area (TPSA) is 0 Å². The van der Waals surface area contributed by atoms with Gasteiger partial charge >= 0.3 is 26.2 Å². The molecule has 0 aromatic carbocycles. The summed E-state index contributed by atoms with van der Waals surface area (Å²) in [4.78, 5) is 1.48. The van der Waals surface area contributed by atoms with Gasteiger partial charge in [0.15, 0.2) is 0 Å². The molecule has 1 heterocycles. The van der Waals surface area contributed by atoms with Gasteiger partial charge in [0.1, 0.15) is 0 Å². The van der Waals surface area contributed by atoms with E-state index in [2.05, 4.69) is 73.1 Å². The average molecular weight is 433 g/mol. The van der Waals surface area contributed by atoms with Crippen LogP contribution in [0, 0.1) is 5.92 Å². The molecule has 1 unspecified atom stereocenters.